The molecule has 0 atom stereocenters. The average molecular weight is 473 g/mol. The molecule has 0 radical (unpaired) electrons. The molecule has 0 unspecified atom stereocenters. The molecule has 2 aromatic heterocycles. The third kappa shape index (κ3) is 5.16. The van der Waals surface area contributed by atoms with Crippen LogP contribution in [0.4, 0.5) is 16.3 Å². The zero-order chi connectivity index (χ0) is 23.9. The fourth-order valence-electron chi connectivity index (χ4n) is 3.31. The number of nitrogens with zero attached hydrogens (tertiary/aromatic N) is 4. The minimum absolute atomic E-state index is 0.00568. The quantitative estimate of drug-likeness (QED) is 0.174. The van der Waals surface area contributed by atoms with Crippen LogP contribution in [0.2, 0.25) is 0 Å². The summed E-state index contributed by atoms with van der Waals surface area (Å²) in [4.78, 5) is 34.2. The van der Waals surface area contributed by atoms with Crippen LogP contribution in [0.1, 0.15) is 5.56 Å². The van der Waals surface area contributed by atoms with Gasteiger partial charge in [0.15, 0.2) is 0 Å². The molecule has 0 aliphatic heterocycles. The Morgan fingerprint density at radius 1 is 1.09 bits per heavy atom. The molecule has 0 N–H and O–H groups in total. The smallest absolute Gasteiger partial charge is 0.416 e. The number of rotatable bonds is 8. The molecular formula is C25H20N4O4S. The molecule has 2 aromatic carbocycles. The SMILES string of the molecule is C=CCOC(=O)N(Cc1ccc(-c2ccccc2)cc1[N+](=O)[O-])c1csc(-c2ccncc2)n1. The Kier molecular flexibility index (Phi) is 7.04. The van der Waals surface area contributed by atoms with Crippen LogP contribution in [0.5, 0.6) is 0 Å². The number of benzene rings is 2. The molecule has 0 spiro atoms. The van der Waals surface area contributed by atoms with Crippen LogP contribution in [0.3, 0.4) is 0 Å². The summed E-state index contributed by atoms with van der Waals surface area (Å²) in [5, 5.41) is 14.3. The molecule has 0 saturated carbocycles. The van der Waals surface area contributed by atoms with E-state index >= 15 is 0 Å². The van der Waals surface area contributed by atoms with E-state index in [9.17, 15) is 14.9 Å². The van der Waals surface area contributed by atoms with E-state index in [0.717, 1.165) is 11.1 Å². The highest BCUT2D eigenvalue weighted by Crippen LogP contribution is 2.32. The van der Waals surface area contributed by atoms with Gasteiger partial charge in [0.1, 0.15) is 17.4 Å². The first kappa shape index (κ1) is 22.8. The maximum Gasteiger partial charge on any atom is 0.416 e. The van der Waals surface area contributed by atoms with Crippen molar-refractivity contribution in [1.29, 1.82) is 0 Å². The van der Waals surface area contributed by atoms with E-state index in [1.54, 1.807) is 29.9 Å². The van der Waals surface area contributed by atoms with Gasteiger partial charge in [0.25, 0.3) is 5.69 Å². The van der Waals surface area contributed by atoms with Crippen LogP contribution < -0.4 is 4.90 Å². The molecule has 2 heterocycles. The second-order valence-electron chi connectivity index (χ2n) is 7.17. The molecule has 4 rings (SSSR count). The van der Waals surface area contributed by atoms with Crippen LogP contribution in [0, 0.1) is 10.1 Å². The Morgan fingerprint density at radius 2 is 1.85 bits per heavy atom. The zero-order valence-electron chi connectivity index (χ0n) is 18.0. The van der Waals surface area contributed by atoms with Crippen molar-refractivity contribution in [2.75, 3.05) is 11.5 Å². The summed E-state index contributed by atoms with van der Waals surface area (Å²) in [5.74, 6) is 0.340. The number of nitro groups is 1. The van der Waals surface area contributed by atoms with Gasteiger partial charge in [-0.15, -0.1) is 11.3 Å². The van der Waals surface area contributed by atoms with Crippen LogP contribution in [0.15, 0.2) is 91.1 Å². The molecule has 0 aliphatic rings. The van der Waals surface area contributed by atoms with E-state index in [2.05, 4.69) is 16.5 Å². The van der Waals surface area contributed by atoms with E-state index < -0.39 is 11.0 Å². The molecule has 8 nitrogen and oxygen atoms in total. The van der Waals surface area contributed by atoms with Crippen molar-refractivity contribution >= 4 is 28.9 Å². The Labute approximate surface area is 200 Å². The van der Waals surface area contributed by atoms with Gasteiger partial charge in [-0.05, 0) is 29.3 Å². The predicted molar refractivity (Wildman–Crippen MR) is 132 cm³/mol. The first-order valence-electron chi connectivity index (χ1n) is 10.3. The number of hydrogen-bond acceptors (Lipinski definition) is 7. The number of aromatic nitrogens is 2. The highest BCUT2D eigenvalue weighted by atomic mass is 32.1. The van der Waals surface area contributed by atoms with Crippen molar-refractivity contribution in [3.63, 3.8) is 0 Å². The number of carbonyl (C=O) groups is 1. The first-order valence-corrected chi connectivity index (χ1v) is 11.2. The summed E-state index contributed by atoms with van der Waals surface area (Å²) in [6.07, 6.45) is 4.10. The van der Waals surface area contributed by atoms with Gasteiger partial charge in [0, 0.05) is 35.0 Å². The molecule has 4 aromatic rings. The van der Waals surface area contributed by atoms with E-state index in [0.29, 0.717) is 22.0 Å². The normalized spacial score (nSPS) is 10.5. The molecule has 1 amide bonds. The lowest BCUT2D eigenvalue weighted by molar-refractivity contribution is -0.385. The van der Waals surface area contributed by atoms with Crippen LogP contribution in [-0.2, 0) is 11.3 Å². The van der Waals surface area contributed by atoms with Gasteiger partial charge in [-0.25, -0.2) is 9.78 Å². The maximum absolute atomic E-state index is 12.9. The zero-order valence-corrected chi connectivity index (χ0v) is 18.9. The number of amides is 1. The Bertz CT molecular complexity index is 1310. The fraction of sp³-hybridized carbons (Fsp3) is 0.0800. The van der Waals surface area contributed by atoms with E-state index in [4.69, 9.17) is 4.74 Å². The molecule has 170 valence electrons. The number of ether oxygens (including phenoxy) is 1. The van der Waals surface area contributed by atoms with Gasteiger partial charge >= 0.3 is 6.09 Å². The van der Waals surface area contributed by atoms with Gasteiger partial charge in [0.2, 0.25) is 0 Å². The van der Waals surface area contributed by atoms with Gasteiger partial charge in [-0.3, -0.25) is 20.0 Å². The second-order valence-corrected chi connectivity index (χ2v) is 8.02. The summed E-state index contributed by atoms with van der Waals surface area (Å²) in [7, 11) is 0. The lowest BCUT2D eigenvalue weighted by Crippen LogP contribution is -2.31. The van der Waals surface area contributed by atoms with Crippen molar-refractivity contribution in [2.45, 2.75) is 6.54 Å². The molecular weight excluding hydrogens is 452 g/mol. The Morgan fingerprint density at radius 3 is 2.56 bits per heavy atom. The summed E-state index contributed by atoms with van der Waals surface area (Å²) < 4.78 is 5.24. The van der Waals surface area contributed by atoms with E-state index in [1.807, 2.05) is 42.5 Å². The number of carbonyl (C=O) groups excluding carboxylic acids is 1. The van der Waals surface area contributed by atoms with Crippen molar-refractivity contribution in [1.82, 2.24) is 9.97 Å². The molecule has 9 heteroatoms. The Balaban J connectivity index is 1.69. The number of pyridine rings is 1. The lowest BCUT2D eigenvalue weighted by Gasteiger charge is -2.20. The third-order valence-electron chi connectivity index (χ3n) is 4.96. The fourth-order valence-corrected chi connectivity index (χ4v) is 4.13. The lowest BCUT2D eigenvalue weighted by atomic mass is 10.0. The average Bonchev–Trinajstić information content (AvgIpc) is 3.37. The summed E-state index contributed by atoms with van der Waals surface area (Å²) in [6, 6.07) is 18.0. The summed E-state index contributed by atoms with van der Waals surface area (Å²) >= 11 is 1.35. The van der Waals surface area contributed by atoms with Crippen LogP contribution >= 0.6 is 11.3 Å². The minimum atomic E-state index is -0.673. The van der Waals surface area contributed by atoms with Gasteiger partial charge in [0.05, 0.1) is 11.5 Å². The molecule has 0 bridgehead atoms. The van der Waals surface area contributed by atoms with Gasteiger partial charge in [-0.1, -0.05) is 49.1 Å². The third-order valence-corrected chi connectivity index (χ3v) is 5.84. The highest BCUT2D eigenvalue weighted by Gasteiger charge is 2.25. The number of thiazole rings is 1. The number of nitro benzene ring substituents is 1. The largest absolute Gasteiger partial charge is 0.445 e. The first-order chi connectivity index (χ1) is 16.6. The molecule has 0 fully saturated rings. The van der Waals surface area contributed by atoms with Crippen molar-refractivity contribution in [3.05, 3.63) is 107 Å². The van der Waals surface area contributed by atoms with Gasteiger partial charge in [-0.2, -0.15) is 0 Å². The van der Waals surface area contributed by atoms with Crippen LogP contribution in [0.25, 0.3) is 21.7 Å². The predicted octanol–water partition coefficient (Wildman–Crippen LogP) is 6.11. The number of hydrogen-bond donors (Lipinski definition) is 0. The summed E-state index contributed by atoms with van der Waals surface area (Å²) in [5.41, 5.74) is 2.70. The monoisotopic (exact) mass is 472 g/mol. The highest BCUT2D eigenvalue weighted by molar-refractivity contribution is 7.13. The Hall–Kier alpha value is -4.37. The molecule has 0 aliphatic carbocycles. The van der Waals surface area contributed by atoms with Crippen LogP contribution in [-0.4, -0.2) is 27.6 Å². The summed E-state index contributed by atoms with van der Waals surface area (Å²) in [6.45, 7) is 3.49. The van der Waals surface area contributed by atoms with Crippen molar-refractivity contribution in [2.24, 2.45) is 0 Å². The number of anilines is 1. The van der Waals surface area contributed by atoms with Crippen molar-refractivity contribution < 1.29 is 14.5 Å². The van der Waals surface area contributed by atoms with Crippen molar-refractivity contribution in [3.8, 4) is 21.7 Å². The molecule has 0 saturated heterocycles. The minimum Gasteiger partial charge on any atom is -0.445 e. The second kappa shape index (κ2) is 10.5. The molecule has 34 heavy (non-hydrogen) atoms. The van der Waals surface area contributed by atoms with E-state index in [-0.39, 0.29) is 18.8 Å². The standard InChI is InChI=1S/C25H20N4O4S/c1-2-14-33-25(30)28(23-17-34-24(27-23)19-10-12-26-13-11-19)16-21-9-8-20(15-22(21)29(31)32)18-6-4-3-5-7-18/h2-13,15,17H,1,14,16H2. The van der Waals surface area contributed by atoms with E-state index in [1.165, 1.54) is 28.4 Å². The topological polar surface area (TPSA) is 98.5 Å². The van der Waals surface area contributed by atoms with Gasteiger partial charge < -0.3 is 4.74 Å². The maximum atomic E-state index is 12.9.